The molecule has 2 amide bonds. The zero-order valence-corrected chi connectivity index (χ0v) is 15.2. The summed E-state index contributed by atoms with van der Waals surface area (Å²) in [5.74, 6) is -0.188. The minimum Gasteiger partial charge on any atom is -0.360 e. The first-order valence-electron chi connectivity index (χ1n) is 8.26. The summed E-state index contributed by atoms with van der Waals surface area (Å²) in [6.45, 7) is 4.60. The lowest BCUT2D eigenvalue weighted by Crippen LogP contribution is -2.27. The fourth-order valence-corrected chi connectivity index (χ4v) is 2.70. The molecular weight excluding hydrogens is 352 g/mol. The van der Waals surface area contributed by atoms with E-state index in [4.69, 9.17) is 11.6 Å². The molecule has 7 heteroatoms. The number of carbonyl (C=O) groups excluding carboxylic acids is 2. The fraction of sp³-hybridized carbons (Fsp3) is 0.211. The number of aromatic nitrogens is 2. The van der Waals surface area contributed by atoms with E-state index < -0.39 is 0 Å². The summed E-state index contributed by atoms with van der Waals surface area (Å²) < 4.78 is 0. The number of hydrogen-bond donors (Lipinski definition) is 3. The summed E-state index contributed by atoms with van der Waals surface area (Å²) in [6.07, 6.45) is 3.28. The van der Waals surface area contributed by atoms with Crippen molar-refractivity contribution in [2.24, 2.45) is 5.92 Å². The Bertz CT molecular complexity index is 965. The molecule has 0 saturated heterocycles. The molecule has 0 fully saturated rings. The van der Waals surface area contributed by atoms with Crippen molar-refractivity contribution in [3.8, 4) is 0 Å². The summed E-state index contributed by atoms with van der Waals surface area (Å²) in [7, 11) is 0. The lowest BCUT2D eigenvalue weighted by Gasteiger charge is -2.11. The molecule has 2 aromatic heterocycles. The Balaban J connectivity index is 1.72. The van der Waals surface area contributed by atoms with Crippen molar-refractivity contribution in [1.82, 2.24) is 15.3 Å². The molecule has 0 aliphatic rings. The number of aromatic amines is 1. The van der Waals surface area contributed by atoms with Gasteiger partial charge in [-0.2, -0.15) is 0 Å². The lowest BCUT2D eigenvalue weighted by atomic mass is 10.1. The second-order valence-electron chi connectivity index (χ2n) is 6.39. The van der Waals surface area contributed by atoms with Crippen molar-refractivity contribution in [3.05, 3.63) is 58.9 Å². The van der Waals surface area contributed by atoms with Gasteiger partial charge in [-0.15, -0.1) is 0 Å². The second kappa shape index (κ2) is 7.58. The monoisotopic (exact) mass is 370 g/mol. The van der Waals surface area contributed by atoms with E-state index in [0.717, 1.165) is 11.0 Å². The standard InChI is InChI=1S/C19H19ClN4O2/c1-11(2)9-23-19(26)14-4-3-13(8-15(14)20)24-18(25)12-7-17-16(22-10-12)5-6-21-17/h3-8,10-11,21H,9H2,1-2H3,(H,23,26)(H,24,25). The van der Waals surface area contributed by atoms with Gasteiger partial charge in [0, 0.05) is 24.6 Å². The van der Waals surface area contributed by atoms with Crippen LogP contribution in [0.3, 0.4) is 0 Å². The van der Waals surface area contributed by atoms with Crippen LogP contribution in [0, 0.1) is 5.92 Å². The second-order valence-corrected chi connectivity index (χ2v) is 6.79. The molecular formula is C19H19ClN4O2. The zero-order chi connectivity index (χ0) is 18.7. The molecule has 0 saturated carbocycles. The molecule has 0 atom stereocenters. The maximum absolute atomic E-state index is 12.4. The molecule has 0 bridgehead atoms. The number of H-pyrrole nitrogens is 1. The molecule has 0 radical (unpaired) electrons. The number of amides is 2. The number of carbonyl (C=O) groups is 2. The first kappa shape index (κ1) is 17.9. The Morgan fingerprint density at radius 3 is 2.73 bits per heavy atom. The molecule has 0 spiro atoms. The predicted octanol–water partition coefficient (Wildman–Crippen LogP) is 3.85. The molecule has 3 aromatic rings. The molecule has 26 heavy (non-hydrogen) atoms. The number of nitrogens with one attached hydrogen (secondary N) is 3. The number of nitrogens with zero attached hydrogens (tertiary/aromatic N) is 1. The molecule has 0 aliphatic carbocycles. The Morgan fingerprint density at radius 1 is 1.19 bits per heavy atom. The van der Waals surface area contributed by atoms with E-state index in [0.29, 0.717) is 29.3 Å². The normalized spacial score (nSPS) is 10.9. The quantitative estimate of drug-likeness (QED) is 0.637. The number of hydrogen-bond acceptors (Lipinski definition) is 3. The zero-order valence-electron chi connectivity index (χ0n) is 14.5. The van der Waals surface area contributed by atoms with Crippen LogP contribution in [-0.2, 0) is 0 Å². The van der Waals surface area contributed by atoms with E-state index >= 15 is 0 Å². The van der Waals surface area contributed by atoms with Crippen molar-refractivity contribution >= 4 is 40.1 Å². The third kappa shape index (κ3) is 4.03. The highest BCUT2D eigenvalue weighted by atomic mass is 35.5. The number of rotatable bonds is 5. The summed E-state index contributed by atoms with van der Waals surface area (Å²) >= 11 is 6.20. The number of fused-ring (bicyclic) bond motifs is 1. The van der Waals surface area contributed by atoms with Gasteiger partial charge in [-0.05, 0) is 36.2 Å². The van der Waals surface area contributed by atoms with Crippen LogP contribution in [0.25, 0.3) is 11.0 Å². The molecule has 0 aliphatic heterocycles. The third-order valence-corrected chi connectivity index (χ3v) is 4.12. The van der Waals surface area contributed by atoms with Gasteiger partial charge in [-0.3, -0.25) is 14.6 Å². The maximum atomic E-state index is 12.4. The van der Waals surface area contributed by atoms with Crippen LogP contribution < -0.4 is 10.6 Å². The predicted molar refractivity (Wildman–Crippen MR) is 103 cm³/mol. The fourth-order valence-electron chi connectivity index (χ4n) is 2.43. The van der Waals surface area contributed by atoms with Gasteiger partial charge in [0.05, 0.1) is 27.2 Å². The molecule has 3 rings (SSSR count). The van der Waals surface area contributed by atoms with Crippen molar-refractivity contribution in [3.63, 3.8) is 0 Å². The SMILES string of the molecule is CC(C)CNC(=O)c1ccc(NC(=O)c2cnc3cc[nH]c3c2)cc1Cl. The lowest BCUT2D eigenvalue weighted by molar-refractivity contribution is 0.0948. The molecule has 6 nitrogen and oxygen atoms in total. The van der Waals surface area contributed by atoms with Crippen molar-refractivity contribution < 1.29 is 9.59 Å². The maximum Gasteiger partial charge on any atom is 0.257 e. The van der Waals surface area contributed by atoms with E-state index in [1.165, 1.54) is 6.20 Å². The summed E-state index contributed by atoms with van der Waals surface area (Å²) in [5, 5.41) is 5.86. The van der Waals surface area contributed by atoms with Gasteiger partial charge in [0.15, 0.2) is 0 Å². The summed E-state index contributed by atoms with van der Waals surface area (Å²) in [5.41, 5.74) is 2.89. The largest absolute Gasteiger partial charge is 0.360 e. The van der Waals surface area contributed by atoms with E-state index in [1.54, 1.807) is 30.5 Å². The first-order valence-corrected chi connectivity index (χ1v) is 8.64. The molecule has 134 valence electrons. The molecule has 2 heterocycles. The van der Waals surface area contributed by atoms with Crippen LogP contribution in [0.2, 0.25) is 5.02 Å². The number of pyridine rings is 1. The number of halogens is 1. The van der Waals surface area contributed by atoms with Crippen LogP contribution in [0.1, 0.15) is 34.6 Å². The molecule has 3 N–H and O–H groups in total. The molecule has 1 aromatic carbocycles. The highest BCUT2D eigenvalue weighted by Gasteiger charge is 2.13. The molecule has 0 unspecified atom stereocenters. The number of anilines is 1. The van der Waals surface area contributed by atoms with Gasteiger partial charge < -0.3 is 15.6 Å². The van der Waals surface area contributed by atoms with Crippen LogP contribution in [0.5, 0.6) is 0 Å². The number of benzene rings is 1. The van der Waals surface area contributed by atoms with Crippen LogP contribution in [-0.4, -0.2) is 28.3 Å². The van der Waals surface area contributed by atoms with E-state index in [-0.39, 0.29) is 16.8 Å². The van der Waals surface area contributed by atoms with Crippen LogP contribution in [0.4, 0.5) is 5.69 Å². The van der Waals surface area contributed by atoms with E-state index in [2.05, 4.69) is 20.6 Å². The van der Waals surface area contributed by atoms with Crippen LogP contribution in [0.15, 0.2) is 42.7 Å². The van der Waals surface area contributed by atoms with Gasteiger partial charge >= 0.3 is 0 Å². The van der Waals surface area contributed by atoms with Gasteiger partial charge in [-0.25, -0.2) is 0 Å². The minimum atomic E-state index is -0.304. The Labute approximate surface area is 156 Å². The highest BCUT2D eigenvalue weighted by molar-refractivity contribution is 6.34. The van der Waals surface area contributed by atoms with Gasteiger partial charge in [-0.1, -0.05) is 25.4 Å². The Morgan fingerprint density at radius 2 is 2.00 bits per heavy atom. The van der Waals surface area contributed by atoms with Crippen molar-refractivity contribution in [2.75, 3.05) is 11.9 Å². The van der Waals surface area contributed by atoms with Gasteiger partial charge in [0.25, 0.3) is 11.8 Å². The van der Waals surface area contributed by atoms with E-state index in [9.17, 15) is 9.59 Å². The van der Waals surface area contributed by atoms with Gasteiger partial charge in [0.2, 0.25) is 0 Å². The average molecular weight is 371 g/mol. The summed E-state index contributed by atoms with van der Waals surface area (Å²) in [6, 6.07) is 8.37. The van der Waals surface area contributed by atoms with E-state index in [1.807, 2.05) is 19.9 Å². The topological polar surface area (TPSA) is 86.9 Å². The Kier molecular flexibility index (Phi) is 5.23. The van der Waals surface area contributed by atoms with Crippen molar-refractivity contribution in [1.29, 1.82) is 0 Å². The first-order chi connectivity index (χ1) is 12.4. The average Bonchev–Trinajstić information content (AvgIpc) is 3.07. The summed E-state index contributed by atoms with van der Waals surface area (Å²) in [4.78, 5) is 31.8. The van der Waals surface area contributed by atoms with Crippen LogP contribution >= 0.6 is 11.6 Å². The minimum absolute atomic E-state index is 0.233. The highest BCUT2D eigenvalue weighted by Crippen LogP contribution is 2.22. The smallest absolute Gasteiger partial charge is 0.257 e. The van der Waals surface area contributed by atoms with Crippen molar-refractivity contribution in [2.45, 2.75) is 13.8 Å². The van der Waals surface area contributed by atoms with Gasteiger partial charge in [0.1, 0.15) is 0 Å². The third-order valence-electron chi connectivity index (χ3n) is 3.80. The Hall–Kier alpha value is -2.86.